The fourth-order valence-electron chi connectivity index (χ4n) is 1.41. The molecule has 0 saturated heterocycles. The van der Waals surface area contributed by atoms with E-state index < -0.39 is 0 Å². The minimum Gasteiger partial charge on any atom is -0.389 e. The molecule has 1 saturated carbocycles. The summed E-state index contributed by atoms with van der Waals surface area (Å²) in [4.78, 5) is 0. The summed E-state index contributed by atoms with van der Waals surface area (Å²) < 4.78 is 0. The molecule has 0 unspecified atom stereocenters. The second kappa shape index (κ2) is 3.91. The smallest absolute Gasteiger partial charge is 0.0256 e. The Labute approximate surface area is 68.3 Å². The van der Waals surface area contributed by atoms with Crippen LogP contribution in [0.3, 0.4) is 0 Å². The molecule has 0 aromatic heterocycles. The van der Waals surface area contributed by atoms with Crippen molar-refractivity contribution in [1.82, 2.24) is 5.32 Å². The van der Waals surface area contributed by atoms with E-state index in [1.54, 1.807) is 6.20 Å². The first-order valence-corrected chi connectivity index (χ1v) is 4.39. The highest BCUT2D eigenvalue weighted by molar-refractivity contribution is 7.80. The molecule has 0 spiro atoms. The van der Waals surface area contributed by atoms with Gasteiger partial charge in [-0.05, 0) is 31.9 Å². The molecule has 1 rings (SSSR count). The molecule has 2 heteroatoms. The molecule has 0 bridgehead atoms. The summed E-state index contributed by atoms with van der Waals surface area (Å²) in [7, 11) is 0. The highest BCUT2D eigenvalue weighted by Gasteiger charge is 2.16. The second-order valence-corrected chi connectivity index (χ2v) is 3.61. The monoisotopic (exact) mass is 157 g/mol. The Morgan fingerprint density at radius 2 is 1.90 bits per heavy atom. The van der Waals surface area contributed by atoms with Crippen LogP contribution in [0.15, 0.2) is 12.8 Å². The van der Waals surface area contributed by atoms with Gasteiger partial charge in [0.25, 0.3) is 0 Å². The summed E-state index contributed by atoms with van der Waals surface area (Å²) in [6.07, 6.45) is 6.78. The van der Waals surface area contributed by atoms with Gasteiger partial charge in [0, 0.05) is 11.3 Å². The molecule has 0 aromatic carbocycles. The van der Waals surface area contributed by atoms with Gasteiger partial charge in [-0.1, -0.05) is 6.58 Å². The third-order valence-corrected chi connectivity index (χ3v) is 2.57. The SMILES string of the molecule is C=CNC1CCC(S)CC1. The summed E-state index contributed by atoms with van der Waals surface area (Å²) in [6, 6.07) is 0.667. The summed E-state index contributed by atoms with van der Waals surface area (Å²) in [6.45, 7) is 3.64. The van der Waals surface area contributed by atoms with Crippen molar-refractivity contribution in [2.75, 3.05) is 0 Å². The van der Waals surface area contributed by atoms with Crippen LogP contribution in [0.2, 0.25) is 0 Å². The van der Waals surface area contributed by atoms with E-state index in [0.717, 1.165) is 0 Å². The van der Waals surface area contributed by atoms with Gasteiger partial charge in [0.1, 0.15) is 0 Å². The quantitative estimate of drug-likeness (QED) is 0.584. The molecular weight excluding hydrogens is 142 g/mol. The van der Waals surface area contributed by atoms with E-state index in [4.69, 9.17) is 0 Å². The normalized spacial score (nSPS) is 33.3. The standard InChI is InChI=1S/C8H15NS/c1-2-9-7-3-5-8(10)6-4-7/h2,7-10H,1,3-6H2. The van der Waals surface area contributed by atoms with Gasteiger partial charge >= 0.3 is 0 Å². The first-order chi connectivity index (χ1) is 4.83. The van der Waals surface area contributed by atoms with Crippen molar-refractivity contribution in [2.45, 2.75) is 37.0 Å². The Balaban J connectivity index is 2.19. The van der Waals surface area contributed by atoms with Gasteiger partial charge < -0.3 is 5.32 Å². The Bertz CT molecular complexity index is 106. The minimum absolute atomic E-state index is 0.642. The van der Waals surface area contributed by atoms with Gasteiger partial charge in [-0.25, -0.2) is 0 Å². The number of hydrogen-bond acceptors (Lipinski definition) is 2. The van der Waals surface area contributed by atoms with E-state index >= 15 is 0 Å². The molecule has 58 valence electrons. The zero-order chi connectivity index (χ0) is 7.40. The summed E-state index contributed by atoms with van der Waals surface area (Å²) in [5, 5.41) is 3.88. The van der Waals surface area contributed by atoms with Gasteiger partial charge in [-0.3, -0.25) is 0 Å². The topological polar surface area (TPSA) is 12.0 Å². The van der Waals surface area contributed by atoms with Gasteiger partial charge in [0.05, 0.1) is 0 Å². The van der Waals surface area contributed by atoms with Crippen molar-refractivity contribution >= 4 is 12.6 Å². The maximum atomic E-state index is 4.42. The van der Waals surface area contributed by atoms with Gasteiger partial charge in [0.15, 0.2) is 0 Å². The van der Waals surface area contributed by atoms with Crippen molar-refractivity contribution in [3.63, 3.8) is 0 Å². The summed E-state index contributed by atoms with van der Waals surface area (Å²) >= 11 is 4.42. The minimum atomic E-state index is 0.642. The van der Waals surface area contributed by atoms with Crippen molar-refractivity contribution in [3.05, 3.63) is 12.8 Å². The lowest BCUT2D eigenvalue weighted by atomic mass is 9.95. The number of nitrogens with one attached hydrogen (secondary N) is 1. The molecule has 1 aliphatic rings. The molecule has 0 amide bonds. The van der Waals surface area contributed by atoms with Gasteiger partial charge in [0.2, 0.25) is 0 Å². The van der Waals surface area contributed by atoms with Crippen LogP contribution in [0.1, 0.15) is 25.7 Å². The van der Waals surface area contributed by atoms with Crippen molar-refractivity contribution in [2.24, 2.45) is 0 Å². The molecule has 0 heterocycles. The largest absolute Gasteiger partial charge is 0.389 e. The third kappa shape index (κ3) is 2.25. The van der Waals surface area contributed by atoms with Crippen LogP contribution in [-0.4, -0.2) is 11.3 Å². The molecule has 1 nitrogen and oxygen atoms in total. The van der Waals surface area contributed by atoms with Crippen LogP contribution in [0, 0.1) is 0 Å². The van der Waals surface area contributed by atoms with Crippen LogP contribution in [0.4, 0.5) is 0 Å². The molecule has 10 heavy (non-hydrogen) atoms. The molecule has 1 fully saturated rings. The van der Waals surface area contributed by atoms with E-state index in [0.29, 0.717) is 11.3 Å². The Morgan fingerprint density at radius 3 is 2.40 bits per heavy atom. The first-order valence-electron chi connectivity index (χ1n) is 3.88. The average molecular weight is 157 g/mol. The molecule has 0 aliphatic heterocycles. The van der Waals surface area contributed by atoms with Crippen LogP contribution in [-0.2, 0) is 0 Å². The average Bonchev–Trinajstić information content (AvgIpc) is 1.95. The van der Waals surface area contributed by atoms with E-state index in [1.165, 1.54) is 25.7 Å². The maximum Gasteiger partial charge on any atom is 0.0256 e. The summed E-state index contributed by atoms with van der Waals surface area (Å²) in [5.74, 6) is 0. The fourth-order valence-corrected chi connectivity index (χ4v) is 1.71. The lowest BCUT2D eigenvalue weighted by Crippen LogP contribution is -2.29. The highest BCUT2D eigenvalue weighted by Crippen LogP contribution is 2.22. The van der Waals surface area contributed by atoms with Crippen LogP contribution in [0.5, 0.6) is 0 Å². The second-order valence-electron chi connectivity index (χ2n) is 2.88. The third-order valence-electron chi connectivity index (χ3n) is 2.05. The van der Waals surface area contributed by atoms with Crippen molar-refractivity contribution < 1.29 is 0 Å². The number of thiol groups is 1. The van der Waals surface area contributed by atoms with Gasteiger partial charge in [-0.15, -0.1) is 0 Å². The van der Waals surface area contributed by atoms with Crippen molar-refractivity contribution in [3.8, 4) is 0 Å². The first kappa shape index (κ1) is 7.99. The van der Waals surface area contributed by atoms with Crippen molar-refractivity contribution in [1.29, 1.82) is 0 Å². The Kier molecular flexibility index (Phi) is 3.13. The predicted molar refractivity (Wildman–Crippen MR) is 48.4 cm³/mol. The van der Waals surface area contributed by atoms with E-state index in [2.05, 4.69) is 24.5 Å². The lowest BCUT2D eigenvalue weighted by Gasteiger charge is -2.25. The zero-order valence-corrected chi connectivity index (χ0v) is 7.11. The lowest BCUT2D eigenvalue weighted by molar-refractivity contribution is 0.413. The molecule has 0 atom stereocenters. The van der Waals surface area contributed by atoms with Crippen LogP contribution >= 0.6 is 12.6 Å². The Morgan fingerprint density at radius 1 is 1.30 bits per heavy atom. The predicted octanol–water partition coefficient (Wildman–Crippen LogP) is 1.96. The molecular formula is C8H15NS. The molecule has 1 N–H and O–H groups in total. The van der Waals surface area contributed by atoms with Gasteiger partial charge in [-0.2, -0.15) is 12.6 Å². The molecule has 0 aromatic rings. The number of rotatable bonds is 2. The molecule has 0 radical (unpaired) electrons. The van der Waals surface area contributed by atoms with E-state index in [9.17, 15) is 0 Å². The maximum absolute atomic E-state index is 4.42. The summed E-state index contributed by atoms with van der Waals surface area (Å²) in [5.41, 5.74) is 0. The van der Waals surface area contributed by atoms with Crippen LogP contribution in [0.25, 0.3) is 0 Å². The Hall–Kier alpha value is -0.110. The fraction of sp³-hybridized carbons (Fsp3) is 0.750. The zero-order valence-electron chi connectivity index (χ0n) is 6.21. The van der Waals surface area contributed by atoms with E-state index in [-0.39, 0.29) is 0 Å². The molecule has 1 aliphatic carbocycles. The number of hydrogen-bond donors (Lipinski definition) is 2. The van der Waals surface area contributed by atoms with E-state index in [1.807, 2.05) is 0 Å². The van der Waals surface area contributed by atoms with Crippen LogP contribution < -0.4 is 5.32 Å². The highest BCUT2D eigenvalue weighted by atomic mass is 32.1.